The van der Waals surface area contributed by atoms with Gasteiger partial charge in [0, 0.05) is 18.8 Å². The number of rotatable bonds is 17. The van der Waals surface area contributed by atoms with Crippen molar-refractivity contribution in [3.63, 3.8) is 0 Å². The average molecular weight is 742 g/mol. The molecule has 0 amide bonds. The summed E-state index contributed by atoms with van der Waals surface area (Å²) in [4.78, 5) is 0. The number of ether oxygens (including phenoxy) is 3. The minimum atomic E-state index is -6.73. The molecule has 4 rings (SSSR count). The Hall–Kier alpha value is -1.07. The topological polar surface area (TPSA) is 49.0 Å². The van der Waals surface area contributed by atoms with Crippen molar-refractivity contribution in [3.05, 3.63) is 29.3 Å². The summed E-state index contributed by atoms with van der Waals surface area (Å²) in [6.45, 7) is 2.53. The highest BCUT2D eigenvalue weighted by molar-refractivity contribution is 8.74. The number of aryl methyl sites for hydroxylation is 1. The average Bonchev–Trinajstić information content (AvgIpc) is 3.33. The molecule has 16 heteroatoms. The molecule has 5 nitrogen and oxygen atoms in total. The van der Waals surface area contributed by atoms with Gasteiger partial charge in [-0.25, -0.2) is 0 Å². The number of nitrogens with one attached hydrogen (secondary N) is 1. The van der Waals surface area contributed by atoms with E-state index in [1.807, 2.05) is 13.1 Å². The van der Waals surface area contributed by atoms with Gasteiger partial charge in [-0.15, -0.1) is 0 Å². The van der Waals surface area contributed by atoms with Crippen LogP contribution >= 0.6 is 21.9 Å². The van der Waals surface area contributed by atoms with E-state index in [-0.39, 0.29) is 18.1 Å². The quantitative estimate of drug-likeness (QED) is 0.0739. The summed E-state index contributed by atoms with van der Waals surface area (Å²) in [7, 11) is 3.62. The standard InChI is InChI=1S/C32H44F9NO4S2/c1-28-13-12-24-23-9-7-22(43-15-5-18-46-48-47-19-3-14-42-2)20-21(23)6-8-25(24)26(28)10-11-27(28)44-16-4-17-45-29(30(33,34)35,31(36,37)38)32(39,40)41/h7,9,20,24-27,42H,3-6,8,10-19H2,1-2H3/t24-,25-,26+,27+,28+/m1/s1. The Morgan fingerprint density at radius 2 is 1.56 bits per heavy atom. The second kappa shape index (κ2) is 16.5. The van der Waals surface area contributed by atoms with E-state index in [4.69, 9.17) is 13.7 Å². The predicted octanol–water partition coefficient (Wildman–Crippen LogP) is 9.45. The normalized spacial score (nSPS) is 26.2. The van der Waals surface area contributed by atoms with Crippen LogP contribution in [0.4, 0.5) is 39.5 Å². The molecule has 1 aromatic carbocycles. The van der Waals surface area contributed by atoms with Crippen molar-refractivity contribution in [1.82, 2.24) is 5.32 Å². The molecule has 2 saturated carbocycles. The maximum Gasteiger partial charge on any atom is 0.435 e. The first-order chi connectivity index (χ1) is 22.6. The van der Waals surface area contributed by atoms with E-state index in [0.717, 1.165) is 63.0 Å². The fourth-order valence-electron chi connectivity index (χ4n) is 7.83. The zero-order valence-electron chi connectivity index (χ0n) is 27.0. The van der Waals surface area contributed by atoms with Gasteiger partial charge in [0.25, 0.3) is 0 Å². The van der Waals surface area contributed by atoms with Crippen LogP contribution in [0, 0.1) is 17.3 Å². The van der Waals surface area contributed by atoms with E-state index in [9.17, 15) is 39.5 Å². The zero-order chi connectivity index (χ0) is 35.2. The highest BCUT2D eigenvalue weighted by atomic mass is 33.1. The van der Waals surface area contributed by atoms with Crippen molar-refractivity contribution in [2.75, 3.05) is 45.8 Å². The van der Waals surface area contributed by atoms with Crippen LogP contribution in [-0.4, -0.2) is 76.0 Å². The maximum absolute atomic E-state index is 13.1. The van der Waals surface area contributed by atoms with Gasteiger partial charge in [-0.05, 0) is 111 Å². The summed E-state index contributed by atoms with van der Waals surface area (Å²) in [6, 6.07) is 6.29. The van der Waals surface area contributed by atoms with Crippen LogP contribution in [0.25, 0.3) is 0 Å². The van der Waals surface area contributed by atoms with Crippen LogP contribution in [0.15, 0.2) is 18.2 Å². The Labute approximate surface area is 283 Å². The van der Waals surface area contributed by atoms with Gasteiger partial charge in [0.2, 0.25) is 0 Å². The fourth-order valence-corrected chi connectivity index (χ4v) is 9.38. The lowest BCUT2D eigenvalue weighted by Gasteiger charge is -2.50. The number of alkyl halides is 9. The number of benzene rings is 1. The van der Waals surface area contributed by atoms with Gasteiger partial charge in [0.15, 0.2) is 0 Å². The van der Waals surface area contributed by atoms with E-state index in [1.165, 1.54) is 22.2 Å². The Balaban J connectivity index is 1.24. The molecular formula is C32H44F9NO4S2. The number of fused-ring (bicyclic) bond motifs is 5. The molecule has 48 heavy (non-hydrogen) atoms. The molecule has 0 aromatic heterocycles. The first kappa shape index (κ1) is 39.7. The third-order valence-electron chi connectivity index (χ3n) is 10.1. The highest BCUT2D eigenvalue weighted by Crippen LogP contribution is 2.62. The minimum Gasteiger partial charge on any atom is -0.493 e. The summed E-state index contributed by atoms with van der Waals surface area (Å²) >= 11 is 1.41. The molecule has 1 aromatic rings. The van der Waals surface area contributed by atoms with E-state index in [0.29, 0.717) is 37.4 Å². The number of hydrogen-bond donors (Lipinski definition) is 1. The SMILES string of the molecule is CNCCCSSOCCCOc1ccc2c(c1)CC[C@@H]1[C@@H]2CC[C@]2(C)[C@@H](OCCCOC(C(F)(F)F)(C(F)(F)F)C(F)(F)F)CC[C@@H]12. The number of hydrogen-bond acceptors (Lipinski definition) is 7. The van der Waals surface area contributed by atoms with Crippen molar-refractivity contribution in [1.29, 1.82) is 0 Å². The molecule has 276 valence electrons. The van der Waals surface area contributed by atoms with Crippen LogP contribution in [0.2, 0.25) is 0 Å². The van der Waals surface area contributed by atoms with Gasteiger partial charge in [-0.1, -0.05) is 23.8 Å². The van der Waals surface area contributed by atoms with Crippen molar-refractivity contribution >= 4 is 21.9 Å². The van der Waals surface area contributed by atoms with Gasteiger partial charge in [0.1, 0.15) is 5.75 Å². The molecule has 0 heterocycles. The molecule has 0 unspecified atom stereocenters. The van der Waals surface area contributed by atoms with Crippen LogP contribution in [-0.2, 0) is 20.1 Å². The summed E-state index contributed by atoms with van der Waals surface area (Å²) in [5.41, 5.74) is -3.90. The minimum absolute atomic E-state index is 0.248. The van der Waals surface area contributed by atoms with Crippen LogP contribution in [0.1, 0.15) is 75.3 Å². The molecule has 3 aliphatic carbocycles. The molecule has 0 radical (unpaired) electrons. The Morgan fingerprint density at radius 3 is 2.25 bits per heavy atom. The lowest BCUT2D eigenvalue weighted by Crippen LogP contribution is -2.67. The molecule has 5 atom stereocenters. The van der Waals surface area contributed by atoms with Gasteiger partial charge in [-0.3, -0.25) is 0 Å². The van der Waals surface area contributed by atoms with E-state index in [1.54, 1.807) is 10.8 Å². The lowest BCUT2D eigenvalue weighted by molar-refractivity contribution is -0.457. The van der Waals surface area contributed by atoms with Crippen LogP contribution in [0.5, 0.6) is 5.75 Å². The lowest BCUT2D eigenvalue weighted by atomic mass is 9.55. The third-order valence-corrected chi connectivity index (χ3v) is 12.0. The molecule has 0 spiro atoms. The maximum atomic E-state index is 13.1. The first-order valence-electron chi connectivity index (χ1n) is 16.3. The van der Waals surface area contributed by atoms with Crippen LogP contribution < -0.4 is 10.1 Å². The van der Waals surface area contributed by atoms with Gasteiger partial charge >= 0.3 is 24.1 Å². The summed E-state index contributed by atoms with van der Waals surface area (Å²) < 4.78 is 139. The second-order valence-corrected chi connectivity index (χ2v) is 15.1. The largest absolute Gasteiger partial charge is 0.493 e. The molecule has 0 saturated heterocycles. The molecule has 2 fully saturated rings. The van der Waals surface area contributed by atoms with Crippen molar-refractivity contribution < 1.29 is 57.9 Å². The van der Waals surface area contributed by atoms with E-state index < -0.39 is 37.2 Å². The Bertz CT molecular complexity index is 1130. The zero-order valence-corrected chi connectivity index (χ0v) is 28.6. The predicted molar refractivity (Wildman–Crippen MR) is 167 cm³/mol. The second-order valence-electron chi connectivity index (χ2n) is 13.0. The monoisotopic (exact) mass is 741 g/mol. The van der Waals surface area contributed by atoms with Crippen LogP contribution in [0.3, 0.4) is 0 Å². The molecule has 0 aliphatic heterocycles. The van der Waals surface area contributed by atoms with Crippen molar-refractivity contribution in [2.24, 2.45) is 17.3 Å². The molecule has 3 aliphatic rings. The van der Waals surface area contributed by atoms with Gasteiger partial charge in [-0.2, -0.15) is 39.5 Å². The van der Waals surface area contributed by atoms with Crippen molar-refractivity contribution in [3.8, 4) is 5.75 Å². The van der Waals surface area contributed by atoms with E-state index >= 15 is 0 Å². The Kier molecular flexibility index (Phi) is 13.7. The summed E-state index contributed by atoms with van der Waals surface area (Å²) in [6.07, 6.45) is -14.0. The van der Waals surface area contributed by atoms with Gasteiger partial charge in [0.05, 0.1) is 37.0 Å². The summed E-state index contributed by atoms with van der Waals surface area (Å²) in [5.74, 6) is 2.93. The third kappa shape index (κ3) is 8.68. The van der Waals surface area contributed by atoms with E-state index in [2.05, 4.69) is 29.1 Å². The Morgan fingerprint density at radius 1 is 0.854 bits per heavy atom. The number of halogens is 9. The fraction of sp³-hybridized carbons (Fsp3) is 0.812. The first-order valence-corrected chi connectivity index (χ1v) is 18.6. The molecule has 0 bridgehead atoms. The highest BCUT2D eigenvalue weighted by Gasteiger charge is 2.85. The smallest absolute Gasteiger partial charge is 0.435 e. The molecule has 1 N–H and O–H groups in total. The van der Waals surface area contributed by atoms with Gasteiger partial charge < -0.3 is 23.7 Å². The van der Waals surface area contributed by atoms with Crippen molar-refractivity contribution in [2.45, 2.75) is 101 Å². The summed E-state index contributed by atoms with van der Waals surface area (Å²) in [5, 5.41) is 3.11. The molecular weight excluding hydrogens is 697 g/mol.